The van der Waals surface area contributed by atoms with Crippen LogP contribution >= 0.6 is 0 Å². The molecule has 0 aromatic heterocycles. The summed E-state index contributed by atoms with van der Waals surface area (Å²) in [7, 11) is 0. The summed E-state index contributed by atoms with van der Waals surface area (Å²) < 4.78 is 0. The smallest absolute Gasteiger partial charge is 0.220 e. The second-order valence-corrected chi connectivity index (χ2v) is 5.73. The molecule has 1 rings (SSSR count). The second-order valence-electron chi connectivity index (χ2n) is 5.73. The lowest BCUT2D eigenvalue weighted by Gasteiger charge is -2.20. The Morgan fingerprint density at radius 2 is 1.88 bits per heavy atom. The van der Waals surface area contributed by atoms with Crippen molar-refractivity contribution >= 4 is 5.91 Å². The number of amides is 1. The zero-order chi connectivity index (χ0) is 13.1. The summed E-state index contributed by atoms with van der Waals surface area (Å²) in [6, 6.07) is 6.38. The number of nitrogens with one attached hydrogen (secondary N) is 1. The van der Waals surface area contributed by atoms with E-state index in [0.29, 0.717) is 6.42 Å². The van der Waals surface area contributed by atoms with Gasteiger partial charge in [-0.3, -0.25) is 4.79 Å². The summed E-state index contributed by atoms with van der Waals surface area (Å²) in [6.07, 6.45) is 1.37. The summed E-state index contributed by atoms with van der Waals surface area (Å²) in [4.78, 5) is 11.7. The fourth-order valence-corrected chi connectivity index (χ4v) is 1.86. The fraction of sp³-hybridized carbons (Fsp3) is 0.533. The SMILES string of the molecule is Cc1ccc(CCC(=O)NC(C)(C)C)c(C)c1. The van der Waals surface area contributed by atoms with Gasteiger partial charge in [0.25, 0.3) is 0 Å². The molecule has 0 radical (unpaired) electrons. The minimum absolute atomic E-state index is 0.123. The van der Waals surface area contributed by atoms with Gasteiger partial charge in [-0.25, -0.2) is 0 Å². The molecule has 0 aliphatic carbocycles. The first-order chi connectivity index (χ1) is 7.78. The van der Waals surface area contributed by atoms with Crippen LogP contribution in [0.2, 0.25) is 0 Å². The van der Waals surface area contributed by atoms with Crippen LogP contribution in [0.15, 0.2) is 18.2 Å². The van der Waals surface area contributed by atoms with E-state index in [4.69, 9.17) is 0 Å². The predicted octanol–water partition coefficient (Wildman–Crippen LogP) is 3.15. The van der Waals surface area contributed by atoms with E-state index in [2.05, 4.69) is 37.4 Å². The van der Waals surface area contributed by atoms with Crippen molar-refractivity contribution in [2.45, 2.75) is 53.0 Å². The van der Waals surface area contributed by atoms with Gasteiger partial charge in [-0.1, -0.05) is 23.8 Å². The monoisotopic (exact) mass is 233 g/mol. The molecule has 0 spiro atoms. The molecule has 1 N–H and O–H groups in total. The first-order valence-electron chi connectivity index (χ1n) is 6.15. The van der Waals surface area contributed by atoms with Gasteiger partial charge in [0.1, 0.15) is 0 Å². The highest BCUT2D eigenvalue weighted by Crippen LogP contribution is 2.12. The Morgan fingerprint density at radius 3 is 2.41 bits per heavy atom. The maximum Gasteiger partial charge on any atom is 0.220 e. The van der Waals surface area contributed by atoms with Crippen molar-refractivity contribution < 1.29 is 4.79 Å². The molecule has 0 saturated heterocycles. The third-order valence-electron chi connectivity index (χ3n) is 2.63. The second kappa shape index (κ2) is 5.35. The molecule has 1 aromatic carbocycles. The van der Waals surface area contributed by atoms with Gasteiger partial charge in [0, 0.05) is 12.0 Å². The highest BCUT2D eigenvalue weighted by molar-refractivity contribution is 5.76. The summed E-state index contributed by atoms with van der Waals surface area (Å²) in [5.74, 6) is 0.123. The molecule has 2 heteroatoms. The number of benzene rings is 1. The van der Waals surface area contributed by atoms with Crippen LogP contribution in [-0.4, -0.2) is 11.4 Å². The molecule has 0 unspecified atom stereocenters. The number of carbonyl (C=O) groups excluding carboxylic acids is 1. The molecule has 0 atom stereocenters. The largest absolute Gasteiger partial charge is 0.351 e. The van der Waals surface area contributed by atoms with Crippen molar-refractivity contribution in [3.05, 3.63) is 34.9 Å². The van der Waals surface area contributed by atoms with Gasteiger partial charge in [-0.15, -0.1) is 0 Å². The number of hydrogen-bond donors (Lipinski definition) is 1. The van der Waals surface area contributed by atoms with E-state index < -0.39 is 0 Å². The van der Waals surface area contributed by atoms with Crippen molar-refractivity contribution in [2.24, 2.45) is 0 Å². The normalized spacial score (nSPS) is 11.4. The lowest BCUT2D eigenvalue weighted by atomic mass is 10.0. The molecule has 0 aliphatic rings. The first-order valence-corrected chi connectivity index (χ1v) is 6.15. The van der Waals surface area contributed by atoms with E-state index in [1.54, 1.807) is 0 Å². The van der Waals surface area contributed by atoms with Gasteiger partial charge in [0.2, 0.25) is 5.91 Å². The molecular weight excluding hydrogens is 210 g/mol. The summed E-state index contributed by atoms with van der Waals surface area (Å²) in [6.45, 7) is 10.2. The molecule has 0 saturated carbocycles. The van der Waals surface area contributed by atoms with E-state index >= 15 is 0 Å². The van der Waals surface area contributed by atoms with Crippen LogP contribution in [0.25, 0.3) is 0 Å². The average Bonchev–Trinajstić information content (AvgIpc) is 2.13. The molecule has 94 valence electrons. The van der Waals surface area contributed by atoms with E-state index in [1.165, 1.54) is 16.7 Å². The van der Waals surface area contributed by atoms with Gasteiger partial charge in [-0.05, 0) is 52.2 Å². The minimum Gasteiger partial charge on any atom is -0.351 e. The number of aryl methyl sites for hydroxylation is 3. The number of carbonyl (C=O) groups is 1. The predicted molar refractivity (Wildman–Crippen MR) is 72.1 cm³/mol. The van der Waals surface area contributed by atoms with Crippen LogP contribution in [0.1, 0.15) is 43.9 Å². The molecule has 2 nitrogen and oxygen atoms in total. The van der Waals surface area contributed by atoms with Crippen LogP contribution in [-0.2, 0) is 11.2 Å². The molecule has 17 heavy (non-hydrogen) atoms. The summed E-state index contributed by atoms with van der Waals surface area (Å²) in [5, 5.41) is 2.98. The summed E-state index contributed by atoms with van der Waals surface area (Å²) >= 11 is 0. The van der Waals surface area contributed by atoms with Crippen LogP contribution in [0.3, 0.4) is 0 Å². The summed E-state index contributed by atoms with van der Waals surface area (Å²) in [5.41, 5.74) is 3.66. The highest BCUT2D eigenvalue weighted by atomic mass is 16.1. The van der Waals surface area contributed by atoms with Crippen molar-refractivity contribution in [3.8, 4) is 0 Å². The van der Waals surface area contributed by atoms with Gasteiger partial charge in [-0.2, -0.15) is 0 Å². The minimum atomic E-state index is -0.139. The van der Waals surface area contributed by atoms with E-state index in [-0.39, 0.29) is 11.4 Å². The molecule has 0 fully saturated rings. The molecule has 0 bridgehead atoms. The quantitative estimate of drug-likeness (QED) is 0.853. The molecular formula is C15H23NO. The lowest BCUT2D eigenvalue weighted by Crippen LogP contribution is -2.40. The third kappa shape index (κ3) is 5.03. The van der Waals surface area contributed by atoms with Crippen molar-refractivity contribution in [1.29, 1.82) is 0 Å². The van der Waals surface area contributed by atoms with Crippen LogP contribution in [0, 0.1) is 13.8 Å². The Morgan fingerprint density at radius 1 is 1.24 bits per heavy atom. The lowest BCUT2D eigenvalue weighted by molar-refractivity contribution is -0.122. The van der Waals surface area contributed by atoms with Gasteiger partial charge < -0.3 is 5.32 Å². The third-order valence-corrected chi connectivity index (χ3v) is 2.63. The maximum atomic E-state index is 11.7. The maximum absolute atomic E-state index is 11.7. The topological polar surface area (TPSA) is 29.1 Å². The Hall–Kier alpha value is -1.31. The van der Waals surface area contributed by atoms with Crippen LogP contribution in [0.5, 0.6) is 0 Å². The average molecular weight is 233 g/mol. The Balaban J connectivity index is 2.53. The van der Waals surface area contributed by atoms with E-state index in [0.717, 1.165) is 6.42 Å². The Labute approximate surface area is 104 Å². The van der Waals surface area contributed by atoms with Crippen LogP contribution < -0.4 is 5.32 Å². The first kappa shape index (κ1) is 13.8. The zero-order valence-electron chi connectivity index (χ0n) is 11.6. The van der Waals surface area contributed by atoms with Crippen LogP contribution in [0.4, 0.5) is 0 Å². The molecule has 0 heterocycles. The van der Waals surface area contributed by atoms with Crippen molar-refractivity contribution in [2.75, 3.05) is 0 Å². The van der Waals surface area contributed by atoms with Gasteiger partial charge in [0.05, 0.1) is 0 Å². The molecule has 1 aromatic rings. The van der Waals surface area contributed by atoms with Gasteiger partial charge in [0.15, 0.2) is 0 Å². The Bertz CT molecular complexity index is 402. The highest BCUT2D eigenvalue weighted by Gasteiger charge is 2.13. The zero-order valence-corrected chi connectivity index (χ0v) is 11.6. The van der Waals surface area contributed by atoms with Crippen molar-refractivity contribution in [3.63, 3.8) is 0 Å². The van der Waals surface area contributed by atoms with E-state index in [9.17, 15) is 4.79 Å². The standard InChI is InChI=1S/C15H23NO/c1-11-6-7-13(12(2)10-11)8-9-14(17)16-15(3,4)5/h6-7,10H,8-9H2,1-5H3,(H,16,17). The molecule has 1 amide bonds. The Kier molecular flexibility index (Phi) is 4.33. The fourth-order valence-electron chi connectivity index (χ4n) is 1.86. The molecule has 0 aliphatic heterocycles. The number of rotatable bonds is 3. The van der Waals surface area contributed by atoms with Crippen molar-refractivity contribution in [1.82, 2.24) is 5.32 Å². The van der Waals surface area contributed by atoms with Gasteiger partial charge >= 0.3 is 0 Å². The van der Waals surface area contributed by atoms with E-state index in [1.807, 2.05) is 20.8 Å². The number of hydrogen-bond acceptors (Lipinski definition) is 1.